The van der Waals surface area contributed by atoms with Crippen molar-refractivity contribution >= 4 is 35.9 Å². The molecule has 0 aliphatic heterocycles. The molecule has 49 valence electrons. The van der Waals surface area contributed by atoms with E-state index in [1.54, 1.807) is 0 Å². The van der Waals surface area contributed by atoms with Crippen molar-refractivity contribution in [2.24, 2.45) is 0 Å². The Bertz CT molecular complexity index is 172. The number of hydrogen-bond donors (Lipinski definition) is 0. The smallest absolute Gasteiger partial charge is 0.261 e. The van der Waals surface area contributed by atoms with Crippen LogP contribution in [0.4, 0.5) is 4.79 Å². The first-order chi connectivity index (χ1) is 2.94. The number of rotatable bonds is 0. The molecule has 0 aliphatic carbocycles. The molecule has 0 unspecified atom stereocenters. The van der Waals surface area contributed by atoms with E-state index in [1.165, 1.54) is 0 Å². The topological polar surface area (TPSA) is 51.2 Å². The second-order valence-corrected chi connectivity index (χ2v) is 3.71. The Morgan fingerprint density at radius 1 is 1.38 bits per heavy atom. The average molecular weight is 218 g/mol. The fourth-order valence-electron chi connectivity index (χ4n) is 0. The third-order valence-electron chi connectivity index (χ3n) is 0.192. The van der Waals surface area contributed by atoms with E-state index in [9.17, 15) is 13.2 Å². The molecular weight excluding hydrogens is 218 g/mol. The Labute approximate surface area is 66.2 Å². The summed E-state index contributed by atoms with van der Waals surface area (Å²) < 4.78 is 17.7. The van der Waals surface area contributed by atoms with E-state index < -0.39 is 13.6 Å². The zero-order valence-corrected chi connectivity index (χ0v) is 6.78. The number of hydrogen-bond acceptors (Lipinski definition) is 3. The molecule has 0 fully saturated rings. The molecule has 0 bridgehead atoms. The summed E-state index contributed by atoms with van der Waals surface area (Å²) in [4.78, 5) is 9.51. The second kappa shape index (κ2) is 3.69. The van der Waals surface area contributed by atoms with Crippen LogP contribution in [0.2, 0.25) is 0 Å². The zero-order valence-electron chi connectivity index (χ0n) is 3.27. The minimum atomic E-state index is -4.14. The Kier molecular flexibility index (Phi) is 5.31. The molecule has 0 aromatic carbocycles. The molecular formula is CCl2MnO3S. The van der Waals surface area contributed by atoms with Crippen molar-refractivity contribution < 1.29 is 30.3 Å². The van der Waals surface area contributed by atoms with Crippen molar-refractivity contribution in [1.29, 1.82) is 0 Å². The van der Waals surface area contributed by atoms with Crippen LogP contribution in [-0.4, -0.2) is 13.0 Å². The number of halogens is 2. The first kappa shape index (κ1) is 11.5. The van der Waals surface area contributed by atoms with Gasteiger partial charge in [-0.05, 0) is 11.6 Å². The summed E-state index contributed by atoms with van der Waals surface area (Å²) >= 11 is 4.40. The van der Waals surface area contributed by atoms with Gasteiger partial charge in [-0.1, -0.05) is 0 Å². The summed E-state index contributed by atoms with van der Waals surface area (Å²) in [6, 6.07) is 0. The molecule has 0 spiro atoms. The van der Waals surface area contributed by atoms with Crippen LogP contribution in [0.3, 0.4) is 0 Å². The molecule has 8 heavy (non-hydrogen) atoms. The second-order valence-electron chi connectivity index (χ2n) is 0.675. The van der Waals surface area contributed by atoms with Crippen LogP contribution in [0.5, 0.6) is 0 Å². The zero-order chi connectivity index (χ0) is 6.08. The molecule has 1 radical (unpaired) electrons. The van der Waals surface area contributed by atoms with Gasteiger partial charge in [-0.3, -0.25) is 4.79 Å². The minimum Gasteiger partial charge on any atom is -0.261 e. The van der Waals surface area contributed by atoms with E-state index in [1.807, 2.05) is 0 Å². The van der Waals surface area contributed by atoms with E-state index in [-0.39, 0.29) is 17.1 Å². The maximum Gasteiger partial charge on any atom is 0.352 e. The van der Waals surface area contributed by atoms with Crippen molar-refractivity contribution in [3.8, 4) is 0 Å². The van der Waals surface area contributed by atoms with Crippen LogP contribution in [0.15, 0.2) is 0 Å². The predicted octanol–water partition coefficient (Wildman–Crippen LogP) is 0.911. The van der Waals surface area contributed by atoms with Gasteiger partial charge in [-0.2, -0.15) is 0 Å². The summed E-state index contributed by atoms with van der Waals surface area (Å²) in [6.07, 6.45) is 0. The van der Waals surface area contributed by atoms with Crippen molar-refractivity contribution in [2.45, 2.75) is 0 Å². The Morgan fingerprint density at radius 3 is 1.50 bits per heavy atom. The standard InChI is InChI=1S/CCl2O3S.Mn/c2-1(4)7(3,5)6;. The minimum absolute atomic E-state index is 0. The van der Waals surface area contributed by atoms with E-state index in [0.717, 1.165) is 0 Å². The predicted molar refractivity (Wildman–Crippen MR) is 26.0 cm³/mol. The molecule has 0 amide bonds. The van der Waals surface area contributed by atoms with Crippen LogP contribution < -0.4 is 0 Å². The molecule has 0 heterocycles. The van der Waals surface area contributed by atoms with Crippen molar-refractivity contribution in [2.75, 3.05) is 0 Å². The van der Waals surface area contributed by atoms with E-state index in [2.05, 4.69) is 22.3 Å². The fourth-order valence-corrected chi connectivity index (χ4v) is 0. The normalized spacial score (nSPS) is 9.75. The maximum absolute atomic E-state index is 9.61. The Morgan fingerprint density at radius 2 is 1.50 bits per heavy atom. The summed E-state index contributed by atoms with van der Waals surface area (Å²) in [7, 11) is 0.217. The van der Waals surface area contributed by atoms with Gasteiger partial charge in [0.25, 0.3) is 0 Å². The molecule has 0 aliphatic rings. The first-order valence-corrected chi connectivity index (χ1v) is 3.77. The van der Waals surface area contributed by atoms with Gasteiger partial charge in [0.1, 0.15) is 0 Å². The van der Waals surface area contributed by atoms with Crippen LogP contribution in [0.1, 0.15) is 0 Å². The van der Waals surface area contributed by atoms with Gasteiger partial charge in [0, 0.05) is 27.8 Å². The Hall–Kier alpha value is 0.719. The van der Waals surface area contributed by atoms with Gasteiger partial charge in [0.2, 0.25) is 0 Å². The largest absolute Gasteiger partial charge is 0.352 e. The van der Waals surface area contributed by atoms with Gasteiger partial charge >= 0.3 is 13.6 Å². The maximum atomic E-state index is 9.61. The third kappa shape index (κ3) is 4.87. The monoisotopic (exact) mass is 217 g/mol. The van der Waals surface area contributed by atoms with E-state index in [0.29, 0.717) is 0 Å². The quantitative estimate of drug-likeness (QED) is 0.448. The van der Waals surface area contributed by atoms with Gasteiger partial charge in [-0.15, -0.1) is 0 Å². The third-order valence-corrected chi connectivity index (χ3v) is 1.84. The number of carbonyl (C=O) groups excluding carboxylic acids is 1. The van der Waals surface area contributed by atoms with Crippen LogP contribution in [0, 0.1) is 0 Å². The molecule has 0 N–H and O–H groups in total. The molecule has 0 saturated heterocycles. The van der Waals surface area contributed by atoms with Crippen molar-refractivity contribution in [3.63, 3.8) is 0 Å². The molecule has 3 nitrogen and oxygen atoms in total. The van der Waals surface area contributed by atoms with Gasteiger partial charge < -0.3 is 0 Å². The van der Waals surface area contributed by atoms with E-state index in [4.69, 9.17) is 0 Å². The van der Waals surface area contributed by atoms with Crippen LogP contribution in [0.25, 0.3) is 0 Å². The summed E-state index contributed by atoms with van der Waals surface area (Å²) in [5.74, 6) is 0. The summed E-state index contributed by atoms with van der Waals surface area (Å²) in [5.41, 5.74) is 0. The molecule has 7 heteroatoms. The fraction of sp³-hybridized carbons (Fsp3) is 0. The molecule has 0 saturated carbocycles. The Balaban J connectivity index is 0. The molecule has 0 aromatic heterocycles. The van der Waals surface area contributed by atoms with Gasteiger partial charge in [0.15, 0.2) is 0 Å². The summed E-state index contributed by atoms with van der Waals surface area (Å²) in [6.45, 7) is 0. The van der Waals surface area contributed by atoms with E-state index >= 15 is 0 Å². The van der Waals surface area contributed by atoms with Crippen molar-refractivity contribution in [1.82, 2.24) is 0 Å². The van der Waals surface area contributed by atoms with Crippen LogP contribution >= 0.6 is 22.3 Å². The number of carbonyl (C=O) groups is 1. The molecule has 0 aromatic rings. The van der Waals surface area contributed by atoms with Crippen LogP contribution in [-0.2, 0) is 26.1 Å². The SMILES string of the molecule is O=C(Cl)S(=O)(=O)Cl.[Mn]. The molecule has 0 rings (SSSR count). The summed E-state index contributed by atoms with van der Waals surface area (Å²) in [5, 5.41) is 0. The first-order valence-electron chi connectivity index (χ1n) is 1.08. The van der Waals surface area contributed by atoms with Gasteiger partial charge in [0.05, 0.1) is 0 Å². The van der Waals surface area contributed by atoms with Crippen molar-refractivity contribution in [3.05, 3.63) is 0 Å². The average Bonchev–Trinajstić information content (AvgIpc) is 1.31. The molecule has 0 atom stereocenters. The van der Waals surface area contributed by atoms with Gasteiger partial charge in [-0.25, -0.2) is 8.42 Å².